The molecule has 0 atom stereocenters. The number of nitrogens with zero attached hydrogens (tertiary/aromatic N) is 3. The largest absolute Gasteiger partial charge is 0.505 e. The van der Waals surface area contributed by atoms with E-state index in [9.17, 15) is 14.3 Å². The van der Waals surface area contributed by atoms with E-state index in [0.717, 1.165) is 27.6 Å². The summed E-state index contributed by atoms with van der Waals surface area (Å²) >= 11 is 0. The Hall–Kier alpha value is -3.92. The van der Waals surface area contributed by atoms with E-state index in [0.29, 0.717) is 56.5 Å². The Morgan fingerprint density at radius 3 is 2.88 bits per heavy atom. The van der Waals surface area contributed by atoms with Crippen molar-refractivity contribution < 1.29 is 19.0 Å². The number of halogens is 1. The third-order valence-corrected chi connectivity index (χ3v) is 6.00. The molecule has 5 rings (SSSR count). The molecule has 2 aromatic heterocycles. The van der Waals surface area contributed by atoms with Crippen LogP contribution in [-0.2, 0) is 17.7 Å². The van der Waals surface area contributed by atoms with Crippen molar-refractivity contribution in [2.75, 3.05) is 26.3 Å². The predicted octanol–water partition coefficient (Wildman–Crippen LogP) is 3.57. The Balaban J connectivity index is 1.35. The minimum Gasteiger partial charge on any atom is -0.505 e. The number of ether oxygens (including phenoxy) is 1. The lowest BCUT2D eigenvalue weighted by Gasteiger charge is -2.26. The summed E-state index contributed by atoms with van der Waals surface area (Å²) in [5.74, 6) is -0.416. The number of carbonyl (C=O) groups is 1. The van der Waals surface area contributed by atoms with Gasteiger partial charge in [-0.25, -0.2) is 14.2 Å². The molecule has 0 radical (unpaired) electrons. The fraction of sp³-hybridized carbons (Fsp3) is 0.292. The molecule has 1 fully saturated rings. The maximum Gasteiger partial charge on any atom is 0.317 e. The molecule has 1 aliphatic heterocycles. The van der Waals surface area contributed by atoms with Gasteiger partial charge in [0.05, 0.1) is 31.0 Å². The van der Waals surface area contributed by atoms with Crippen molar-refractivity contribution in [3.05, 3.63) is 53.6 Å². The molecule has 4 aromatic rings. The van der Waals surface area contributed by atoms with Gasteiger partial charge in [0.15, 0.2) is 17.4 Å². The van der Waals surface area contributed by atoms with Gasteiger partial charge in [0.25, 0.3) is 0 Å². The van der Waals surface area contributed by atoms with Crippen molar-refractivity contribution >= 4 is 16.9 Å². The fourth-order valence-corrected chi connectivity index (χ4v) is 4.15. The number of H-pyrrole nitrogens is 2. The summed E-state index contributed by atoms with van der Waals surface area (Å²) in [6.07, 6.45) is 2.41. The number of phenols is 1. The number of nitrogens with one attached hydrogen (secondary N) is 3. The Morgan fingerprint density at radius 2 is 2.09 bits per heavy atom. The average Bonchev–Trinajstić information content (AvgIpc) is 3.50. The van der Waals surface area contributed by atoms with Gasteiger partial charge in [-0.3, -0.25) is 5.10 Å². The van der Waals surface area contributed by atoms with Gasteiger partial charge in [0.1, 0.15) is 5.69 Å². The van der Waals surface area contributed by atoms with E-state index in [2.05, 4.69) is 25.5 Å². The molecule has 0 unspecified atom stereocenters. The molecule has 1 aliphatic rings. The summed E-state index contributed by atoms with van der Waals surface area (Å²) in [5.41, 5.74) is 4.53. The van der Waals surface area contributed by atoms with E-state index in [1.165, 1.54) is 12.1 Å². The number of morpholine rings is 1. The van der Waals surface area contributed by atoms with Crippen LogP contribution in [0.4, 0.5) is 9.18 Å². The van der Waals surface area contributed by atoms with Crippen LogP contribution in [0.5, 0.6) is 5.75 Å². The van der Waals surface area contributed by atoms with Crippen LogP contribution in [0.25, 0.3) is 33.5 Å². The van der Waals surface area contributed by atoms with Crippen LogP contribution in [0.15, 0.2) is 36.5 Å². The molecule has 0 bridgehead atoms. The van der Waals surface area contributed by atoms with Crippen molar-refractivity contribution in [3.8, 4) is 28.4 Å². The molecule has 0 aliphatic carbocycles. The number of hydrogen-bond donors (Lipinski definition) is 4. The van der Waals surface area contributed by atoms with Gasteiger partial charge in [-0.05, 0) is 47.4 Å². The standard InChI is InChI=1S/C24H25FN6O3/c1-2-14-10-21(32)19(25)11-18(14)15-3-4-17-20(9-15)29-30-22(17)23-26-12-16(28-23)13-27-24(33)31-5-7-34-8-6-31/h3-4,9-12,32H,2,5-8,13H2,1H3,(H,26,28)(H,27,33)(H,29,30). The maximum absolute atomic E-state index is 14.0. The predicted molar refractivity (Wildman–Crippen MR) is 125 cm³/mol. The zero-order valence-corrected chi connectivity index (χ0v) is 18.7. The summed E-state index contributed by atoms with van der Waals surface area (Å²) < 4.78 is 19.3. The summed E-state index contributed by atoms with van der Waals surface area (Å²) in [4.78, 5) is 21.7. The normalized spacial score (nSPS) is 14.0. The lowest BCUT2D eigenvalue weighted by Crippen LogP contribution is -2.45. The summed E-state index contributed by atoms with van der Waals surface area (Å²) in [7, 11) is 0. The van der Waals surface area contributed by atoms with Crippen LogP contribution >= 0.6 is 0 Å². The zero-order valence-electron chi connectivity index (χ0n) is 18.7. The molecular weight excluding hydrogens is 439 g/mol. The van der Waals surface area contributed by atoms with Gasteiger partial charge < -0.3 is 25.0 Å². The lowest BCUT2D eigenvalue weighted by atomic mass is 9.96. The number of rotatable bonds is 5. The van der Waals surface area contributed by atoms with Crippen molar-refractivity contribution in [2.24, 2.45) is 0 Å². The zero-order chi connectivity index (χ0) is 23.7. The van der Waals surface area contributed by atoms with Crippen molar-refractivity contribution in [1.82, 2.24) is 30.4 Å². The Bertz CT molecular complexity index is 1340. The van der Waals surface area contributed by atoms with Crippen LogP contribution in [0.2, 0.25) is 0 Å². The lowest BCUT2D eigenvalue weighted by molar-refractivity contribution is 0.0531. The minimum absolute atomic E-state index is 0.136. The average molecular weight is 465 g/mol. The molecule has 4 N–H and O–H groups in total. The number of imidazole rings is 1. The smallest absolute Gasteiger partial charge is 0.317 e. The molecule has 3 heterocycles. The molecule has 10 heteroatoms. The van der Waals surface area contributed by atoms with Gasteiger partial charge in [0, 0.05) is 24.7 Å². The maximum atomic E-state index is 14.0. The van der Waals surface area contributed by atoms with E-state index >= 15 is 0 Å². The van der Waals surface area contributed by atoms with Crippen molar-refractivity contribution in [3.63, 3.8) is 0 Å². The number of carbonyl (C=O) groups excluding carboxylic acids is 1. The molecule has 34 heavy (non-hydrogen) atoms. The second-order valence-corrected chi connectivity index (χ2v) is 8.15. The topological polar surface area (TPSA) is 119 Å². The monoisotopic (exact) mass is 464 g/mol. The Kier molecular flexibility index (Phi) is 5.89. The Morgan fingerprint density at radius 1 is 1.26 bits per heavy atom. The second kappa shape index (κ2) is 9.14. The van der Waals surface area contributed by atoms with Gasteiger partial charge >= 0.3 is 6.03 Å². The summed E-state index contributed by atoms with van der Waals surface area (Å²) in [6.45, 7) is 4.52. The van der Waals surface area contributed by atoms with Crippen LogP contribution < -0.4 is 5.32 Å². The molecule has 176 valence electrons. The van der Waals surface area contributed by atoms with Crippen LogP contribution in [0.1, 0.15) is 18.2 Å². The van der Waals surface area contributed by atoms with Gasteiger partial charge in [-0.1, -0.05) is 13.0 Å². The number of aryl methyl sites for hydroxylation is 1. The molecule has 9 nitrogen and oxygen atoms in total. The first-order chi connectivity index (χ1) is 16.5. The molecule has 2 aromatic carbocycles. The molecule has 2 amide bonds. The van der Waals surface area contributed by atoms with E-state index in [-0.39, 0.29) is 11.8 Å². The highest BCUT2D eigenvalue weighted by atomic mass is 19.1. The van der Waals surface area contributed by atoms with Crippen LogP contribution in [0, 0.1) is 5.82 Å². The quantitative estimate of drug-likeness (QED) is 0.360. The second-order valence-electron chi connectivity index (χ2n) is 8.15. The number of urea groups is 1. The van der Waals surface area contributed by atoms with Gasteiger partial charge in [-0.15, -0.1) is 0 Å². The Labute approximate surface area is 195 Å². The molecule has 1 saturated heterocycles. The minimum atomic E-state index is -0.651. The molecular formula is C24H25FN6O3. The summed E-state index contributed by atoms with van der Waals surface area (Å²) in [6, 6.07) is 8.41. The van der Waals surface area contributed by atoms with Crippen LogP contribution in [0.3, 0.4) is 0 Å². The third kappa shape index (κ3) is 4.19. The SMILES string of the molecule is CCc1cc(O)c(F)cc1-c1ccc2c(-c3nc(CNC(=O)N4CCOCC4)c[nH]3)n[nH]c2c1. The number of amides is 2. The number of aromatic hydroxyl groups is 1. The van der Waals surface area contributed by atoms with E-state index < -0.39 is 5.82 Å². The number of hydrogen-bond acceptors (Lipinski definition) is 5. The fourth-order valence-electron chi connectivity index (χ4n) is 4.15. The number of aromatic nitrogens is 4. The molecule has 0 spiro atoms. The van der Waals surface area contributed by atoms with E-state index in [4.69, 9.17) is 4.74 Å². The first kappa shape index (κ1) is 21.9. The van der Waals surface area contributed by atoms with E-state index in [1.807, 2.05) is 25.1 Å². The highest BCUT2D eigenvalue weighted by Crippen LogP contribution is 2.33. The van der Waals surface area contributed by atoms with Gasteiger partial charge in [0.2, 0.25) is 0 Å². The van der Waals surface area contributed by atoms with Crippen LogP contribution in [-0.4, -0.2) is 62.5 Å². The number of phenolic OH excluding ortho intramolecular Hbond substituents is 1. The van der Waals surface area contributed by atoms with Crippen molar-refractivity contribution in [2.45, 2.75) is 19.9 Å². The summed E-state index contributed by atoms with van der Waals surface area (Å²) in [5, 5.41) is 20.9. The molecule has 0 saturated carbocycles. The highest BCUT2D eigenvalue weighted by Gasteiger charge is 2.18. The van der Waals surface area contributed by atoms with Crippen molar-refractivity contribution in [1.29, 1.82) is 0 Å². The third-order valence-electron chi connectivity index (χ3n) is 6.00. The number of fused-ring (bicyclic) bond motifs is 1. The van der Waals surface area contributed by atoms with Gasteiger partial charge in [-0.2, -0.15) is 5.10 Å². The number of benzene rings is 2. The first-order valence-corrected chi connectivity index (χ1v) is 11.2. The first-order valence-electron chi connectivity index (χ1n) is 11.2. The van der Waals surface area contributed by atoms with E-state index in [1.54, 1.807) is 11.1 Å². The number of aromatic amines is 2. The highest BCUT2D eigenvalue weighted by molar-refractivity contribution is 5.94.